The average molecular weight is 443 g/mol. The van der Waals surface area contributed by atoms with Gasteiger partial charge >= 0.3 is 0 Å². The number of fused-ring (bicyclic) bond motifs is 1. The van der Waals surface area contributed by atoms with Crippen molar-refractivity contribution in [3.05, 3.63) is 71.1 Å². The zero-order valence-corrected chi connectivity index (χ0v) is 19.9. The van der Waals surface area contributed by atoms with Crippen LogP contribution in [0.3, 0.4) is 0 Å². The highest BCUT2D eigenvalue weighted by atomic mass is 16.1. The Balaban J connectivity index is 1.46. The Morgan fingerprint density at radius 1 is 1.15 bits per heavy atom. The molecule has 1 N–H and O–H groups in total. The third-order valence-electron chi connectivity index (χ3n) is 6.20. The van der Waals surface area contributed by atoms with Crippen LogP contribution in [0.25, 0.3) is 11.0 Å². The molecule has 170 valence electrons. The molecule has 0 radical (unpaired) electrons. The lowest BCUT2D eigenvalue weighted by Crippen LogP contribution is -2.23. The van der Waals surface area contributed by atoms with E-state index in [-0.39, 0.29) is 11.4 Å². The number of anilines is 1. The van der Waals surface area contributed by atoms with Crippen LogP contribution in [-0.4, -0.2) is 30.2 Å². The molecule has 0 aliphatic heterocycles. The maximum absolute atomic E-state index is 13.4. The fraction of sp³-hybridized carbons (Fsp3) is 0.385. The number of rotatable bonds is 5. The molecule has 0 atom stereocenters. The Morgan fingerprint density at radius 3 is 2.48 bits per heavy atom. The van der Waals surface area contributed by atoms with E-state index in [2.05, 4.69) is 35.6 Å². The molecule has 7 heteroatoms. The van der Waals surface area contributed by atoms with E-state index in [4.69, 9.17) is 10.1 Å². The smallest absolute Gasteiger partial charge is 0.256 e. The van der Waals surface area contributed by atoms with Crippen LogP contribution in [0.4, 0.5) is 5.69 Å². The summed E-state index contributed by atoms with van der Waals surface area (Å²) in [6.07, 6.45) is 6.02. The number of hydrogen-bond donors (Lipinski definition) is 1. The molecule has 7 nitrogen and oxygen atoms in total. The fourth-order valence-electron chi connectivity index (χ4n) is 4.20. The van der Waals surface area contributed by atoms with Crippen LogP contribution in [-0.2, 0) is 12.1 Å². The third-order valence-corrected chi connectivity index (χ3v) is 6.20. The predicted molar refractivity (Wildman–Crippen MR) is 130 cm³/mol. The number of aryl methyl sites for hydroxylation is 2. The number of carbonyl (C=O) groups excluding carboxylic acids is 1. The predicted octanol–water partition coefficient (Wildman–Crippen LogP) is 5.18. The molecule has 0 unspecified atom stereocenters. The van der Waals surface area contributed by atoms with Gasteiger partial charge in [-0.3, -0.25) is 4.79 Å². The molecule has 0 bridgehead atoms. The highest BCUT2D eigenvalue weighted by Crippen LogP contribution is 2.41. The van der Waals surface area contributed by atoms with Gasteiger partial charge in [0, 0.05) is 36.2 Å². The molecule has 5 rings (SSSR count). The lowest BCUT2D eigenvalue weighted by atomic mass is 10.1. The molecule has 3 heterocycles. The van der Waals surface area contributed by atoms with E-state index < -0.39 is 0 Å². The lowest BCUT2D eigenvalue weighted by Gasteiger charge is -2.20. The van der Waals surface area contributed by atoms with E-state index in [1.54, 1.807) is 6.20 Å². The van der Waals surface area contributed by atoms with Gasteiger partial charge in [-0.15, -0.1) is 0 Å². The maximum atomic E-state index is 13.4. The summed E-state index contributed by atoms with van der Waals surface area (Å²) in [5.74, 6) is 1.29. The van der Waals surface area contributed by atoms with Crippen molar-refractivity contribution in [1.29, 1.82) is 0 Å². The van der Waals surface area contributed by atoms with Crippen LogP contribution in [0, 0.1) is 13.8 Å². The molecule has 4 aromatic rings. The van der Waals surface area contributed by atoms with Crippen LogP contribution < -0.4 is 5.32 Å². The van der Waals surface area contributed by atoms with E-state index in [9.17, 15) is 4.79 Å². The summed E-state index contributed by atoms with van der Waals surface area (Å²) in [6.45, 7) is 11.0. The van der Waals surface area contributed by atoms with Crippen LogP contribution in [0.2, 0.25) is 0 Å². The summed E-state index contributed by atoms with van der Waals surface area (Å²) < 4.78 is 4.05. The number of benzene rings is 1. The molecular formula is C26H30N6O. The van der Waals surface area contributed by atoms with Crippen molar-refractivity contribution in [2.75, 3.05) is 5.32 Å². The summed E-state index contributed by atoms with van der Waals surface area (Å²) in [5.41, 5.74) is 4.95. The zero-order valence-electron chi connectivity index (χ0n) is 19.9. The normalized spacial score (nSPS) is 14.1. The van der Waals surface area contributed by atoms with Crippen molar-refractivity contribution < 1.29 is 4.79 Å². The van der Waals surface area contributed by atoms with Crippen molar-refractivity contribution in [3.8, 4) is 0 Å². The number of amides is 1. The SMILES string of the molecule is Cc1nn(C(C)(C)C)c2nc(C3CC3)cc(C(=O)Nc3ccc(Cn4ccnc4C)cc3)c12. The van der Waals surface area contributed by atoms with Gasteiger partial charge in [0.2, 0.25) is 0 Å². The van der Waals surface area contributed by atoms with Gasteiger partial charge < -0.3 is 9.88 Å². The van der Waals surface area contributed by atoms with Crippen LogP contribution in [0.1, 0.15) is 72.7 Å². The summed E-state index contributed by atoms with van der Waals surface area (Å²) in [4.78, 5) is 22.6. The number of aromatic nitrogens is 5. The van der Waals surface area contributed by atoms with Crippen LogP contribution in [0.15, 0.2) is 42.7 Å². The van der Waals surface area contributed by atoms with Crippen molar-refractivity contribution >= 4 is 22.6 Å². The Hall–Kier alpha value is -3.48. The molecule has 1 amide bonds. The summed E-state index contributed by atoms with van der Waals surface area (Å²) in [5, 5.41) is 8.67. The Labute approximate surface area is 193 Å². The lowest BCUT2D eigenvalue weighted by molar-refractivity contribution is 0.102. The van der Waals surface area contributed by atoms with Crippen molar-refractivity contribution in [2.24, 2.45) is 0 Å². The van der Waals surface area contributed by atoms with Crippen molar-refractivity contribution in [3.63, 3.8) is 0 Å². The third kappa shape index (κ3) is 4.15. The second-order valence-electron chi connectivity index (χ2n) is 9.99. The van der Waals surface area contributed by atoms with Crippen LogP contribution >= 0.6 is 0 Å². The van der Waals surface area contributed by atoms with Gasteiger partial charge in [0.25, 0.3) is 5.91 Å². The van der Waals surface area contributed by atoms with Gasteiger partial charge in [-0.1, -0.05) is 12.1 Å². The molecule has 1 aliphatic carbocycles. The van der Waals surface area contributed by atoms with E-state index in [0.717, 1.165) is 58.9 Å². The topological polar surface area (TPSA) is 77.6 Å². The Morgan fingerprint density at radius 2 is 1.88 bits per heavy atom. The average Bonchev–Trinajstić information content (AvgIpc) is 3.46. The minimum Gasteiger partial charge on any atom is -0.331 e. The zero-order chi connectivity index (χ0) is 23.3. The molecule has 0 saturated heterocycles. The maximum Gasteiger partial charge on any atom is 0.256 e. The summed E-state index contributed by atoms with van der Waals surface area (Å²) in [7, 11) is 0. The van der Waals surface area contributed by atoms with E-state index in [0.29, 0.717) is 11.5 Å². The standard InChI is InChI=1S/C26H30N6O/c1-16-23-21(14-22(19-8-9-19)29-24(23)32(30-16)26(3,4)5)25(33)28-20-10-6-18(7-11-20)15-31-13-12-27-17(31)2/h6-7,10-14,19H,8-9,15H2,1-5H3,(H,28,33). The molecule has 0 spiro atoms. The molecule has 1 aliphatic rings. The number of nitrogens with zero attached hydrogens (tertiary/aromatic N) is 5. The molecule has 1 fully saturated rings. The number of imidazole rings is 1. The Kier molecular flexibility index (Phi) is 5.07. The van der Waals surface area contributed by atoms with Gasteiger partial charge in [-0.25, -0.2) is 14.6 Å². The number of pyridine rings is 1. The van der Waals surface area contributed by atoms with Gasteiger partial charge in [-0.2, -0.15) is 5.10 Å². The van der Waals surface area contributed by atoms with Gasteiger partial charge in [0.15, 0.2) is 5.65 Å². The number of nitrogens with one attached hydrogen (secondary N) is 1. The van der Waals surface area contributed by atoms with Crippen molar-refractivity contribution in [2.45, 2.75) is 65.5 Å². The first-order valence-corrected chi connectivity index (χ1v) is 11.5. The second kappa shape index (κ2) is 7.83. The first kappa shape index (κ1) is 21.4. The molecule has 1 saturated carbocycles. The second-order valence-corrected chi connectivity index (χ2v) is 9.99. The van der Waals surface area contributed by atoms with Gasteiger partial charge in [0.05, 0.1) is 22.2 Å². The highest BCUT2D eigenvalue weighted by molar-refractivity contribution is 6.12. The monoisotopic (exact) mass is 442 g/mol. The van der Waals surface area contributed by atoms with E-state index in [1.807, 2.05) is 55.1 Å². The van der Waals surface area contributed by atoms with Crippen LogP contribution in [0.5, 0.6) is 0 Å². The number of carbonyl (C=O) groups is 1. The summed E-state index contributed by atoms with van der Waals surface area (Å²) in [6, 6.07) is 9.94. The largest absolute Gasteiger partial charge is 0.331 e. The van der Waals surface area contributed by atoms with Gasteiger partial charge in [-0.05, 0) is 71.2 Å². The molecular weight excluding hydrogens is 412 g/mol. The quantitative estimate of drug-likeness (QED) is 0.462. The summed E-state index contributed by atoms with van der Waals surface area (Å²) >= 11 is 0. The van der Waals surface area contributed by atoms with Gasteiger partial charge in [0.1, 0.15) is 5.82 Å². The fourth-order valence-corrected chi connectivity index (χ4v) is 4.20. The highest BCUT2D eigenvalue weighted by Gasteiger charge is 2.30. The molecule has 33 heavy (non-hydrogen) atoms. The van der Waals surface area contributed by atoms with E-state index in [1.165, 1.54) is 0 Å². The minimum absolute atomic E-state index is 0.126. The minimum atomic E-state index is -0.223. The molecule has 1 aromatic carbocycles. The first-order chi connectivity index (χ1) is 15.7. The molecule has 3 aromatic heterocycles. The van der Waals surface area contributed by atoms with E-state index >= 15 is 0 Å². The first-order valence-electron chi connectivity index (χ1n) is 11.5. The Bertz CT molecular complexity index is 1340. The van der Waals surface area contributed by atoms with Crippen molar-refractivity contribution in [1.82, 2.24) is 24.3 Å². The number of hydrogen-bond acceptors (Lipinski definition) is 4.